The molecule has 35 heavy (non-hydrogen) atoms. The van der Waals surface area contributed by atoms with E-state index >= 15 is 0 Å². The van der Waals surface area contributed by atoms with Gasteiger partial charge in [0.25, 0.3) is 15.9 Å². The molecule has 3 aromatic carbocycles. The maximum absolute atomic E-state index is 13.0. The van der Waals surface area contributed by atoms with Gasteiger partial charge in [-0.2, -0.15) is 13.2 Å². The van der Waals surface area contributed by atoms with Crippen LogP contribution in [0.15, 0.2) is 71.6 Å². The molecule has 0 saturated heterocycles. The molecule has 0 fully saturated rings. The van der Waals surface area contributed by atoms with Gasteiger partial charge in [0.05, 0.1) is 30.4 Å². The summed E-state index contributed by atoms with van der Waals surface area (Å²) in [4.78, 5) is 12.4. The van der Waals surface area contributed by atoms with Crippen LogP contribution in [0.25, 0.3) is 0 Å². The highest BCUT2D eigenvalue weighted by atomic mass is 32.2. The van der Waals surface area contributed by atoms with Crippen molar-refractivity contribution in [2.45, 2.75) is 17.6 Å². The lowest BCUT2D eigenvalue weighted by Gasteiger charge is -2.20. The van der Waals surface area contributed by atoms with Crippen LogP contribution in [-0.4, -0.2) is 35.6 Å². The van der Waals surface area contributed by atoms with Gasteiger partial charge in [0.15, 0.2) is 11.5 Å². The summed E-state index contributed by atoms with van der Waals surface area (Å²) < 4.78 is 76.0. The van der Waals surface area contributed by atoms with Gasteiger partial charge in [-0.15, -0.1) is 0 Å². The van der Waals surface area contributed by atoms with E-state index < -0.39 is 27.7 Å². The first-order valence-electron chi connectivity index (χ1n) is 10.2. The predicted octanol–water partition coefficient (Wildman–Crippen LogP) is 4.48. The molecular weight excluding hydrogens is 485 g/mol. The predicted molar refractivity (Wildman–Crippen MR) is 124 cm³/mol. The van der Waals surface area contributed by atoms with Gasteiger partial charge >= 0.3 is 6.18 Å². The Morgan fingerprint density at radius 1 is 0.943 bits per heavy atom. The number of carbonyl (C=O) groups is 1. The van der Waals surface area contributed by atoms with Gasteiger partial charge in [-0.25, -0.2) is 8.42 Å². The highest BCUT2D eigenvalue weighted by Gasteiger charge is 2.30. The van der Waals surface area contributed by atoms with Gasteiger partial charge in [0.2, 0.25) is 0 Å². The first-order chi connectivity index (χ1) is 16.5. The third-order valence-electron chi connectivity index (χ3n) is 5.21. The number of benzene rings is 3. The number of nitrogens with one attached hydrogen (secondary N) is 1. The second-order valence-electron chi connectivity index (χ2n) is 7.42. The fourth-order valence-corrected chi connectivity index (χ4v) is 4.45. The highest BCUT2D eigenvalue weighted by Crippen LogP contribution is 2.32. The molecule has 0 radical (unpaired) electrons. The van der Waals surface area contributed by atoms with E-state index in [9.17, 15) is 26.4 Å². The molecule has 3 aromatic rings. The first-order valence-corrected chi connectivity index (χ1v) is 11.7. The van der Waals surface area contributed by atoms with E-state index in [0.29, 0.717) is 17.0 Å². The number of methoxy groups -OCH3 is 2. The molecule has 0 aliphatic carbocycles. The molecule has 7 nitrogen and oxygen atoms in total. The van der Waals surface area contributed by atoms with Crippen molar-refractivity contribution in [2.24, 2.45) is 0 Å². The first kappa shape index (κ1) is 25.9. The van der Waals surface area contributed by atoms with Crippen molar-refractivity contribution < 1.29 is 35.9 Å². The van der Waals surface area contributed by atoms with Gasteiger partial charge in [0, 0.05) is 25.2 Å². The zero-order chi connectivity index (χ0) is 25.8. The molecule has 11 heteroatoms. The van der Waals surface area contributed by atoms with Crippen molar-refractivity contribution in [3.8, 4) is 11.5 Å². The monoisotopic (exact) mass is 508 g/mol. The molecule has 0 saturated carbocycles. The summed E-state index contributed by atoms with van der Waals surface area (Å²) in [7, 11) is 0.268. The second-order valence-corrected chi connectivity index (χ2v) is 9.39. The highest BCUT2D eigenvalue weighted by molar-refractivity contribution is 7.92. The van der Waals surface area contributed by atoms with E-state index in [4.69, 9.17) is 9.47 Å². The van der Waals surface area contributed by atoms with Gasteiger partial charge in [-0.1, -0.05) is 12.1 Å². The Labute approximate surface area is 201 Å². The lowest BCUT2D eigenvalue weighted by Crippen LogP contribution is -2.27. The molecule has 0 heterocycles. The molecule has 1 amide bonds. The van der Waals surface area contributed by atoms with E-state index in [2.05, 4.69) is 5.32 Å². The summed E-state index contributed by atoms with van der Waals surface area (Å²) in [5.41, 5.74) is 0.0183. The van der Waals surface area contributed by atoms with Crippen LogP contribution in [0.3, 0.4) is 0 Å². The molecule has 0 aromatic heterocycles. The minimum atomic E-state index is -4.47. The SMILES string of the molecule is COc1ccc(S(=O)(=O)N(C)c2ccc(C(=O)NCc3cccc(C(F)(F)F)c3)cc2)cc1OC. The third kappa shape index (κ3) is 5.86. The average Bonchev–Trinajstić information content (AvgIpc) is 2.86. The van der Waals surface area contributed by atoms with Crippen LogP contribution in [0.5, 0.6) is 11.5 Å². The fourth-order valence-electron chi connectivity index (χ4n) is 3.24. The number of sulfonamides is 1. The molecule has 0 unspecified atom stereocenters. The number of alkyl halides is 3. The topological polar surface area (TPSA) is 84.9 Å². The Kier molecular flexibility index (Phi) is 7.59. The molecule has 0 bridgehead atoms. The largest absolute Gasteiger partial charge is 0.493 e. The Balaban J connectivity index is 1.72. The minimum absolute atomic E-state index is 0.0134. The molecule has 0 aliphatic heterocycles. The molecule has 1 N–H and O–H groups in total. The van der Waals surface area contributed by atoms with Crippen LogP contribution >= 0.6 is 0 Å². The van der Waals surface area contributed by atoms with E-state index in [1.165, 1.54) is 75.9 Å². The van der Waals surface area contributed by atoms with Crippen LogP contribution in [0, 0.1) is 0 Å². The Morgan fingerprint density at radius 2 is 1.60 bits per heavy atom. The van der Waals surface area contributed by atoms with Gasteiger partial charge < -0.3 is 14.8 Å². The number of hydrogen-bond acceptors (Lipinski definition) is 5. The van der Waals surface area contributed by atoms with Gasteiger partial charge in [-0.05, 0) is 54.1 Å². The second kappa shape index (κ2) is 10.3. The summed E-state index contributed by atoms with van der Waals surface area (Å²) in [5, 5.41) is 2.56. The molecule has 186 valence electrons. The summed E-state index contributed by atoms with van der Waals surface area (Å²) in [5.74, 6) is 0.128. The van der Waals surface area contributed by atoms with Crippen molar-refractivity contribution >= 4 is 21.6 Å². The maximum atomic E-state index is 13.0. The number of nitrogens with zero attached hydrogens (tertiary/aromatic N) is 1. The van der Waals surface area contributed by atoms with E-state index in [-0.39, 0.29) is 22.8 Å². The van der Waals surface area contributed by atoms with Crippen LogP contribution in [0.4, 0.5) is 18.9 Å². The standard InChI is InChI=1S/C24H23F3N2O5S/c1-29(35(31,32)20-11-12-21(33-2)22(14-20)34-3)19-9-7-17(8-10-19)23(30)28-15-16-5-4-6-18(13-16)24(25,26)27/h4-14H,15H2,1-3H3,(H,28,30). The lowest BCUT2D eigenvalue weighted by atomic mass is 10.1. The van der Waals surface area contributed by atoms with E-state index in [0.717, 1.165) is 16.4 Å². The van der Waals surface area contributed by atoms with Crippen molar-refractivity contribution in [3.05, 3.63) is 83.4 Å². The molecule has 3 rings (SSSR count). The number of hydrogen-bond donors (Lipinski definition) is 1. The number of halogens is 3. The summed E-state index contributed by atoms with van der Waals surface area (Å²) in [6.45, 7) is -0.0991. The van der Waals surface area contributed by atoms with Gasteiger partial charge in [-0.3, -0.25) is 9.10 Å². The van der Waals surface area contributed by atoms with E-state index in [1.807, 2.05) is 0 Å². The maximum Gasteiger partial charge on any atom is 0.416 e. The lowest BCUT2D eigenvalue weighted by molar-refractivity contribution is -0.137. The molecule has 0 atom stereocenters. The minimum Gasteiger partial charge on any atom is -0.493 e. The van der Waals surface area contributed by atoms with Crippen molar-refractivity contribution in [2.75, 3.05) is 25.6 Å². The Hall–Kier alpha value is -3.73. The van der Waals surface area contributed by atoms with Crippen molar-refractivity contribution in [3.63, 3.8) is 0 Å². The summed E-state index contributed by atoms with van der Waals surface area (Å²) >= 11 is 0. The Bertz CT molecular complexity index is 1310. The Morgan fingerprint density at radius 3 is 2.20 bits per heavy atom. The number of amides is 1. The van der Waals surface area contributed by atoms with Crippen LogP contribution < -0.4 is 19.1 Å². The van der Waals surface area contributed by atoms with Crippen LogP contribution in [0.2, 0.25) is 0 Å². The van der Waals surface area contributed by atoms with Crippen molar-refractivity contribution in [1.82, 2.24) is 5.32 Å². The normalized spacial score (nSPS) is 11.6. The number of ether oxygens (including phenoxy) is 2. The van der Waals surface area contributed by atoms with Crippen LogP contribution in [-0.2, 0) is 22.7 Å². The van der Waals surface area contributed by atoms with E-state index in [1.54, 1.807) is 0 Å². The molecule has 0 spiro atoms. The molecule has 0 aliphatic rings. The number of carbonyl (C=O) groups excluding carboxylic acids is 1. The summed E-state index contributed by atoms with van der Waals surface area (Å²) in [6.07, 6.45) is -4.47. The zero-order valence-electron chi connectivity index (χ0n) is 19.1. The number of anilines is 1. The molecular formula is C24H23F3N2O5S. The fraction of sp³-hybridized carbons (Fsp3) is 0.208. The smallest absolute Gasteiger partial charge is 0.416 e. The van der Waals surface area contributed by atoms with Crippen LogP contribution in [0.1, 0.15) is 21.5 Å². The summed E-state index contributed by atoms with van der Waals surface area (Å²) in [6, 6.07) is 14.7. The zero-order valence-corrected chi connectivity index (χ0v) is 19.9. The van der Waals surface area contributed by atoms with Crippen molar-refractivity contribution in [1.29, 1.82) is 0 Å². The van der Waals surface area contributed by atoms with Gasteiger partial charge in [0.1, 0.15) is 0 Å². The quantitative estimate of drug-likeness (QED) is 0.485. The third-order valence-corrected chi connectivity index (χ3v) is 7.00. The average molecular weight is 509 g/mol. The number of rotatable bonds is 8.